The quantitative estimate of drug-likeness (QED) is 0.229. The van der Waals surface area contributed by atoms with Crippen LogP contribution in [0.2, 0.25) is 0 Å². The smallest absolute Gasteiger partial charge is 0.437 e. The molecule has 2 atom stereocenters. The second-order valence-corrected chi connectivity index (χ2v) is 9.95. The first kappa shape index (κ1) is 28.9. The standard InChI is InChI=1S/C22H36N4O8/c1-9-32-16(29)15(23-13(2)27)22(11-10-14(28)12-22)26-17(24-18(30)33-20(3,4)5)25-19(31)34-21(6,7)8/h15H,9-12H2,1-8H3,(H,23,27)(H2,24,25,26,30,31)/t15?,22-/m1/s1. The summed E-state index contributed by atoms with van der Waals surface area (Å²) in [4.78, 5) is 65.5. The molecule has 192 valence electrons. The first-order valence-electron chi connectivity index (χ1n) is 11.0. The van der Waals surface area contributed by atoms with Gasteiger partial charge in [0, 0.05) is 19.8 Å². The number of hydrogen-bond donors (Lipinski definition) is 3. The summed E-state index contributed by atoms with van der Waals surface area (Å²) in [5.74, 6) is -1.92. The average molecular weight is 485 g/mol. The Morgan fingerprint density at radius 1 is 1.06 bits per heavy atom. The predicted octanol–water partition coefficient (Wildman–Crippen LogP) is 1.95. The lowest BCUT2D eigenvalue weighted by molar-refractivity contribution is -0.149. The molecule has 1 rings (SSSR count). The van der Waals surface area contributed by atoms with Crippen LogP contribution >= 0.6 is 0 Å². The summed E-state index contributed by atoms with van der Waals surface area (Å²) in [6.07, 6.45) is -1.97. The summed E-state index contributed by atoms with van der Waals surface area (Å²) < 4.78 is 15.5. The van der Waals surface area contributed by atoms with Crippen LogP contribution in [0.1, 0.15) is 74.7 Å². The normalized spacial score (nSPS) is 19.6. The number of alkyl carbamates (subject to hydrolysis) is 1. The number of esters is 1. The maximum atomic E-state index is 12.7. The van der Waals surface area contributed by atoms with Gasteiger partial charge in [0.05, 0.1) is 12.1 Å². The van der Waals surface area contributed by atoms with Crippen LogP contribution in [-0.2, 0) is 28.6 Å². The van der Waals surface area contributed by atoms with E-state index in [4.69, 9.17) is 14.2 Å². The Labute approximate surface area is 199 Å². The van der Waals surface area contributed by atoms with E-state index in [1.165, 1.54) is 6.92 Å². The molecule has 3 N–H and O–H groups in total. The van der Waals surface area contributed by atoms with E-state index in [0.29, 0.717) is 0 Å². The molecule has 1 aliphatic carbocycles. The number of nitrogens with zero attached hydrogens (tertiary/aromatic N) is 1. The topological polar surface area (TPSA) is 161 Å². The van der Waals surface area contributed by atoms with Crippen molar-refractivity contribution in [2.45, 2.75) is 97.4 Å². The number of nitrogens with one attached hydrogen (secondary N) is 3. The molecule has 1 unspecified atom stereocenters. The number of carbonyl (C=O) groups excluding carboxylic acids is 5. The van der Waals surface area contributed by atoms with E-state index < -0.39 is 52.8 Å². The van der Waals surface area contributed by atoms with E-state index in [2.05, 4.69) is 20.9 Å². The number of carbonyl (C=O) groups is 5. The highest BCUT2D eigenvalue weighted by Crippen LogP contribution is 2.31. The number of hydrogen-bond acceptors (Lipinski definition) is 8. The molecule has 1 fully saturated rings. The van der Waals surface area contributed by atoms with Crippen molar-refractivity contribution < 1.29 is 38.2 Å². The van der Waals surface area contributed by atoms with Gasteiger partial charge in [0.2, 0.25) is 11.9 Å². The minimum absolute atomic E-state index is 0.0357. The number of aliphatic imine (C=N–C) groups is 1. The van der Waals surface area contributed by atoms with Gasteiger partial charge in [-0.2, -0.15) is 0 Å². The van der Waals surface area contributed by atoms with Gasteiger partial charge in [-0.1, -0.05) is 0 Å². The van der Waals surface area contributed by atoms with Gasteiger partial charge in [0.25, 0.3) is 0 Å². The van der Waals surface area contributed by atoms with Gasteiger partial charge < -0.3 is 24.8 Å². The molecule has 1 saturated carbocycles. The number of guanidine groups is 1. The maximum absolute atomic E-state index is 12.7. The molecule has 0 aliphatic heterocycles. The van der Waals surface area contributed by atoms with Crippen molar-refractivity contribution in [3.8, 4) is 0 Å². The van der Waals surface area contributed by atoms with Crippen LogP contribution in [0.4, 0.5) is 9.59 Å². The van der Waals surface area contributed by atoms with E-state index in [1.54, 1.807) is 48.5 Å². The van der Waals surface area contributed by atoms with Crippen LogP contribution in [0, 0.1) is 0 Å². The van der Waals surface area contributed by atoms with Gasteiger partial charge in [-0.3, -0.25) is 14.9 Å². The fraction of sp³-hybridized carbons (Fsp3) is 0.727. The van der Waals surface area contributed by atoms with Crippen LogP contribution in [0.15, 0.2) is 4.99 Å². The van der Waals surface area contributed by atoms with E-state index in [0.717, 1.165) is 0 Å². The van der Waals surface area contributed by atoms with Crippen molar-refractivity contribution in [1.82, 2.24) is 16.0 Å². The van der Waals surface area contributed by atoms with E-state index >= 15 is 0 Å². The number of ketones is 1. The molecule has 0 saturated heterocycles. The minimum Gasteiger partial charge on any atom is -0.464 e. The Kier molecular flexibility index (Phi) is 9.59. The highest BCUT2D eigenvalue weighted by Gasteiger charge is 2.50. The third-order valence-electron chi connectivity index (χ3n) is 4.37. The lowest BCUT2D eigenvalue weighted by atomic mass is 9.87. The van der Waals surface area contributed by atoms with Crippen LogP contribution in [0.5, 0.6) is 0 Å². The van der Waals surface area contributed by atoms with Gasteiger partial charge in [0.1, 0.15) is 17.0 Å². The maximum Gasteiger partial charge on any atom is 0.437 e. The molecule has 0 radical (unpaired) electrons. The first-order chi connectivity index (χ1) is 15.5. The third kappa shape index (κ3) is 9.75. The van der Waals surface area contributed by atoms with Crippen molar-refractivity contribution in [1.29, 1.82) is 0 Å². The zero-order valence-electron chi connectivity index (χ0n) is 21.1. The molecule has 0 aromatic rings. The van der Waals surface area contributed by atoms with Gasteiger partial charge in [0.15, 0.2) is 6.04 Å². The van der Waals surface area contributed by atoms with Gasteiger partial charge in [-0.25, -0.2) is 14.4 Å². The van der Waals surface area contributed by atoms with Gasteiger partial charge in [-0.15, -0.1) is 4.99 Å². The molecule has 0 bridgehead atoms. The zero-order valence-corrected chi connectivity index (χ0v) is 21.1. The highest BCUT2D eigenvalue weighted by atomic mass is 16.6. The molecule has 1 aliphatic rings. The summed E-state index contributed by atoms with van der Waals surface area (Å²) in [5.41, 5.74) is -3.15. The van der Waals surface area contributed by atoms with E-state index in [9.17, 15) is 24.0 Å². The van der Waals surface area contributed by atoms with Crippen LogP contribution in [-0.4, -0.2) is 65.2 Å². The first-order valence-corrected chi connectivity index (χ1v) is 11.0. The second kappa shape index (κ2) is 11.3. The molecule has 0 aromatic heterocycles. The van der Waals surface area contributed by atoms with Gasteiger partial charge in [-0.05, 0) is 54.9 Å². The summed E-state index contributed by atoms with van der Waals surface area (Å²) in [6, 6.07) is -1.30. The highest BCUT2D eigenvalue weighted by molar-refractivity contribution is 6.00. The van der Waals surface area contributed by atoms with Crippen molar-refractivity contribution >= 4 is 35.8 Å². The summed E-state index contributed by atoms with van der Waals surface area (Å²) >= 11 is 0. The fourth-order valence-electron chi connectivity index (χ4n) is 3.27. The fourth-order valence-corrected chi connectivity index (χ4v) is 3.27. The van der Waals surface area contributed by atoms with Crippen molar-refractivity contribution in [2.24, 2.45) is 4.99 Å². The molecular weight excluding hydrogens is 448 g/mol. The van der Waals surface area contributed by atoms with E-state index in [1.807, 2.05) is 0 Å². The Bertz CT molecular complexity index is 841. The molecule has 12 nitrogen and oxygen atoms in total. The SMILES string of the molecule is CCOC(=O)C(NC(C)=O)[C@@]1(N/C(=N/C(=O)OC(C)(C)C)NC(=O)OC(C)(C)C)CCC(=O)C1. The van der Waals surface area contributed by atoms with Crippen molar-refractivity contribution in [3.05, 3.63) is 0 Å². The zero-order chi connectivity index (χ0) is 26.3. The third-order valence-corrected chi connectivity index (χ3v) is 4.37. The van der Waals surface area contributed by atoms with Gasteiger partial charge >= 0.3 is 18.2 Å². The molecular formula is C22H36N4O8. The van der Waals surface area contributed by atoms with E-state index in [-0.39, 0.29) is 31.7 Å². The summed E-state index contributed by atoms with van der Waals surface area (Å²) in [6.45, 7) is 12.7. The Morgan fingerprint density at radius 2 is 1.65 bits per heavy atom. The van der Waals surface area contributed by atoms with Crippen LogP contribution in [0.25, 0.3) is 0 Å². The average Bonchev–Trinajstić information content (AvgIpc) is 2.97. The van der Waals surface area contributed by atoms with Crippen molar-refractivity contribution in [2.75, 3.05) is 6.61 Å². The number of amides is 3. The number of rotatable bonds is 5. The molecule has 0 spiro atoms. The van der Waals surface area contributed by atoms with Crippen LogP contribution in [0.3, 0.4) is 0 Å². The molecule has 3 amide bonds. The second-order valence-electron chi connectivity index (χ2n) is 9.95. The minimum atomic E-state index is -1.43. The Morgan fingerprint density at radius 3 is 2.09 bits per heavy atom. The number of Topliss-reactive ketones (excluding diaryl/α,β-unsaturated/α-hetero) is 1. The molecule has 12 heteroatoms. The van der Waals surface area contributed by atoms with Crippen molar-refractivity contribution in [3.63, 3.8) is 0 Å². The monoisotopic (exact) mass is 484 g/mol. The molecule has 0 aromatic carbocycles. The summed E-state index contributed by atoms with van der Waals surface area (Å²) in [5, 5.41) is 7.69. The Balaban J connectivity index is 3.43. The number of ether oxygens (including phenoxy) is 3. The largest absolute Gasteiger partial charge is 0.464 e. The lowest BCUT2D eigenvalue weighted by Crippen LogP contribution is -2.66. The van der Waals surface area contributed by atoms with Crippen LogP contribution < -0.4 is 16.0 Å². The predicted molar refractivity (Wildman–Crippen MR) is 122 cm³/mol. The molecule has 34 heavy (non-hydrogen) atoms. The molecule has 0 heterocycles. The lowest BCUT2D eigenvalue weighted by Gasteiger charge is -2.37. The Hall–Kier alpha value is -3.18. The summed E-state index contributed by atoms with van der Waals surface area (Å²) in [7, 11) is 0.